The highest BCUT2D eigenvalue weighted by atomic mass is 32.2. The summed E-state index contributed by atoms with van der Waals surface area (Å²) in [4.78, 5) is 24.8. The van der Waals surface area contributed by atoms with Crippen molar-refractivity contribution < 1.29 is 14.7 Å². The summed E-state index contributed by atoms with van der Waals surface area (Å²) in [5, 5.41) is 9.15. The van der Waals surface area contributed by atoms with E-state index < -0.39 is 11.9 Å². The van der Waals surface area contributed by atoms with Crippen LogP contribution in [0.1, 0.15) is 5.56 Å². The van der Waals surface area contributed by atoms with Crippen LogP contribution in [0.15, 0.2) is 24.3 Å². The molecule has 1 aromatic rings. The van der Waals surface area contributed by atoms with Gasteiger partial charge in [0.15, 0.2) is 0 Å². The fourth-order valence-electron chi connectivity index (χ4n) is 2.20. The van der Waals surface area contributed by atoms with Crippen molar-refractivity contribution in [3.63, 3.8) is 0 Å². The Bertz CT molecular complexity index is 475. The second-order valence-corrected chi connectivity index (χ2v) is 5.17. The summed E-state index contributed by atoms with van der Waals surface area (Å²) in [7, 11) is 0. The van der Waals surface area contributed by atoms with Crippen LogP contribution >= 0.6 is 11.8 Å². The molecule has 0 saturated carbocycles. The van der Waals surface area contributed by atoms with E-state index in [1.54, 1.807) is 4.90 Å². The van der Waals surface area contributed by atoms with Crippen LogP contribution in [0.25, 0.3) is 0 Å². The fraction of sp³-hybridized carbons (Fsp3) is 0.385. The molecular weight excluding hydrogens is 250 g/mol. The maximum Gasteiger partial charge on any atom is 0.308 e. The molecule has 0 saturated heterocycles. The van der Waals surface area contributed by atoms with E-state index in [1.807, 2.05) is 30.5 Å². The van der Waals surface area contributed by atoms with Crippen molar-refractivity contribution in [2.75, 3.05) is 23.5 Å². The molecule has 4 nitrogen and oxygen atoms in total. The number of nitrogens with zero attached hydrogens (tertiary/aromatic N) is 1. The molecular formula is C13H15NO3S. The van der Waals surface area contributed by atoms with E-state index in [0.717, 1.165) is 11.3 Å². The van der Waals surface area contributed by atoms with Crippen molar-refractivity contribution in [1.29, 1.82) is 0 Å². The van der Waals surface area contributed by atoms with Crippen LogP contribution in [-0.2, 0) is 16.0 Å². The van der Waals surface area contributed by atoms with Gasteiger partial charge in [0.25, 0.3) is 0 Å². The number of rotatable bonds is 3. The first-order valence-electron chi connectivity index (χ1n) is 5.73. The minimum Gasteiger partial charge on any atom is -0.481 e. The van der Waals surface area contributed by atoms with E-state index >= 15 is 0 Å². The molecule has 18 heavy (non-hydrogen) atoms. The zero-order chi connectivity index (χ0) is 13.1. The molecule has 1 aliphatic heterocycles. The molecule has 0 aromatic heterocycles. The number of anilines is 1. The van der Waals surface area contributed by atoms with Crippen molar-refractivity contribution in [2.45, 2.75) is 6.42 Å². The van der Waals surface area contributed by atoms with E-state index in [9.17, 15) is 9.59 Å². The number of carbonyl (C=O) groups is 2. The minimum absolute atomic E-state index is 0.0269. The predicted molar refractivity (Wildman–Crippen MR) is 72.0 cm³/mol. The molecule has 1 amide bonds. The van der Waals surface area contributed by atoms with Gasteiger partial charge in [-0.1, -0.05) is 18.2 Å². The lowest BCUT2D eigenvalue weighted by Gasteiger charge is -2.32. The number of carbonyl (C=O) groups excluding carboxylic acids is 1. The lowest BCUT2D eigenvalue weighted by molar-refractivity contribution is -0.141. The summed E-state index contributed by atoms with van der Waals surface area (Å²) in [6, 6.07) is 7.52. The molecule has 1 unspecified atom stereocenters. The van der Waals surface area contributed by atoms with Crippen molar-refractivity contribution in [2.24, 2.45) is 5.92 Å². The topological polar surface area (TPSA) is 57.6 Å². The number of benzene rings is 1. The van der Waals surface area contributed by atoms with E-state index in [1.165, 1.54) is 11.8 Å². The van der Waals surface area contributed by atoms with Crippen molar-refractivity contribution in [1.82, 2.24) is 0 Å². The van der Waals surface area contributed by atoms with Crippen molar-refractivity contribution in [3.05, 3.63) is 29.8 Å². The van der Waals surface area contributed by atoms with Crippen LogP contribution in [0.5, 0.6) is 0 Å². The number of hydrogen-bond donors (Lipinski definition) is 1. The quantitative estimate of drug-likeness (QED) is 0.902. The largest absolute Gasteiger partial charge is 0.481 e. The Morgan fingerprint density at radius 2 is 2.17 bits per heavy atom. The number of carboxylic acids is 1. The monoisotopic (exact) mass is 265 g/mol. The van der Waals surface area contributed by atoms with Gasteiger partial charge in [0.05, 0.1) is 11.7 Å². The van der Waals surface area contributed by atoms with Crippen LogP contribution < -0.4 is 4.90 Å². The summed E-state index contributed by atoms with van der Waals surface area (Å²) < 4.78 is 0. The van der Waals surface area contributed by atoms with Gasteiger partial charge in [-0.25, -0.2) is 0 Å². The van der Waals surface area contributed by atoms with Crippen LogP contribution in [0.4, 0.5) is 5.69 Å². The maximum atomic E-state index is 12.0. The second kappa shape index (κ2) is 5.44. The first kappa shape index (κ1) is 13.0. The number of amides is 1. The Kier molecular flexibility index (Phi) is 3.91. The third-order valence-corrected chi connectivity index (χ3v) is 3.61. The molecule has 2 rings (SSSR count). The Balaban J connectivity index is 2.33. The SMILES string of the molecule is CSCC(=O)N1CC(C(=O)O)Cc2ccccc21. The first-order valence-corrected chi connectivity index (χ1v) is 7.13. The van der Waals surface area contributed by atoms with E-state index in [2.05, 4.69) is 0 Å². The van der Waals surface area contributed by atoms with Gasteiger partial charge in [0.2, 0.25) is 5.91 Å². The molecule has 96 valence electrons. The molecule has 5 heteroatoms. The number of aliphatic carboxylic acids is 1. The third kappa shape index (κ3) is 2.51. The molecule has 0 spiro atoms. The standard InChI is InChI=1S/C13H15NO3S/c1-18-8-12(15)14-7-10(13(16)17)6-9-4-2-3-5-11(9)14/h2-5,10H,6-8H2,1H3,(H,16,17). The summed E-state index contributed by atoms with van der Waals surface area (Å²) in [5.74, 6) is -1.00. The van der Waals surface area contributed by atoms with Gasteiger partial charge in [0, 0.05) is 12.2 Å². The Hall–Kier alpha value is -1.49. The van der Waals surface area contributed by atoms with Gasteiger partial charge in [-0.05, 0) is 24.3 Å². The molecule has 1 aliphatic rings. The zero-order valence-electron chi connectivity index (χ0n) is 10.1. The Labute approximate surface area is 110 Å². The number of hydrogen-bond acceptors (Lipinski definition) is 3. The average Bonchev–Trinajstić information content (AvgIpc) is 2.37. The molecule has 1 atom stereocenters. The van der Waals surface area contributed by atoms with Gasteiger partial charge in [0.1, 0.15) is 0 Å². The highest BCUT2D eigenvalue weighted by molar-refractivity contribution is 7.99. The van der Waals surface area contributed by atoms with Gasteiger partial charge < -0.3 is 10.0 Å². The highest BCUT2D eigenvalue weighted by Gasteiger charge is 2.31. The number of thioether (sulfide) groups is 1. The molecule has 0 bridgehead atoms. The maximum absolute atomic E-state index is 12.0. The summed E-state index contributed by atoms with van der Waals surface area (Å²) in [6.45, 7) is 0.270. The molecule has 0 aliphatic carbocycles. The van der Waals surface area contributed by atoms with Crippen LogP contribution in [0.2, 0.25) is 0 Å². The molecule has 0 fully saturated rings. The Morgan fingerprint density at radius 1 is 1.44 bits per heavy atom. The van der Waals surface area contributed by atoms with Crippen LogP contribution in [0.3, 0.4) is 0 Å². The summed E-state index contributed by atoms with van der Waals surface area (Å²) in [6.07, 6.45) is 2.36. The van der Waals surface area contributed by atoms with E-state index in [4.69, 9.17) is 5.11 Å². The first-order chi connectivity index (χ1) is 8.63. The zero-order valence-corrected chi connectivity index (χ0v) is 10.9. The summed E-state index contributed by atoms with van der Waals surface area (Å²) >= 11 is 1.45. The molecule has 1 N–H and O–H groups in total. The van der Waals surface area contributed by atoms with Crippen molar-refractivity contribution >= 4 is 29.3 Å². The predicted octanol–water partition coefficient (Wildman–Crippen LogP) is 1.64. The Morgan fingerprint density at radius 3 is 2.83 bits per heavy atom. The molecule has 1 heterocycles. The fourth-order valence-corrected chi connectivity index (χ4v) is 2.60. The number of para-hydroxylation sites is 1. The summed E-state index contributed by atoms with van der Waals surface area (Å²) in [5.41, 5.74) is 1.79. The molecule has 0 radical (unpaired) electrons. The van der Waals surface area contributed by atoms with Crippen molar-refractivity contribution in [3.8, 4) is 0 Å². The van der Waals surface area contributed by atoms with E-state index in [0.29, 0.717) is 12.2 Å². The van der Waals surface area contributed by atoms with Gasteiger partial charge in [-0.15, -0.1) is 0 Å². The average molecular weight is 265 g/mol. The smallest absolute Gasteiger partial charge is 0.308 e. The second-order valence-electron chi connectivity index (χ2n) is 4.31. The van der Waals surface area contributed by atoms with Crippen LogP contribution in [-0.4, -0.2) is 35.5 Å². The third-order valence-electron chi connectivity index (χ3n) is 3.07. The highest BCUT2D eigenvalue weighted by Crippen LogP contribution is 2.30. The lowest BCUT2D eigenvalue weighted by Crippen LogP contribution is -2.43. The minimum atomic E-state index is -0.841. The number of fused-ring (bicyclic) bond motifs is 1. The normalized spacial score (nSPS) is 18.3. The van der Waals surface area contributed by atoms with Gasteiger partial charge >= 0.3 is 5.97 Å². The number of carboxylic acid groups (broad SMARTS) is 1. The van der Waals surface area contributed by atoms with E-state index in [-0.39, 0.29) is 12.5 Å². The van der Waals surface area contributed by atoms with Crippen LogP contribution in [0, 0.1) is 5.92 Å². The van der Waals surface area contributed by atoms with Gasteiger partial charge in [-0.3, -0.25) is 9.59 Å². The lowest BCUT2D eigenvalue weighted by atomic mass is 9.92. The molecule has 1 aromatic carbocycles. The van der Waals surface area contributed by atoms with Gasteiger partial charge in [-0.2, -0.15) is 11.8 Å².